The van der Waals surface area contributed by atoms with Gasteiger partial charge in [-0.1, -0.05) is 0 Å². The molecule has 0 amide bonds. The third-order valence-electron chi connectivity index (χ3n) is 2.54. The van der Waals surface area contributed by atoms with Crippen LogP contribution in [0.1, 0.15) is 20.7 Å². The molecule has 1 radical (unpaired) electrons. The van der Waals surface area contributed by atoms with E-state index in [-0.39, 0.29) is 16.8 Å². The van der Waals surface area contributed by atoms with Crippen LogP contribution in [0.25, 0.3) is 0 Å². The molecule has 25 heavy (non-hydrogen) atoms. The van der Waals surface area contributed by atoms with Crippen molar-refractivity contribution in [2.75, 3.05) is 0 Å². The molecule has 0 spiro atoms. The fourth-order valence-electron chi connectivity index (χ4n) is 1.80. The number of aromatic carboxylic acids is 2. The van der Waals surface area contributed by atoms with Crippen LogP contribution in [-0.4, -0.2) is 31.6 Å². The Bertz CT molecular complexity index is 650. The summed E-state index contributed by atoms with van der Waals surface area (Å²) in [6.07, 6.45) is 0. The third kappa shape index (κ3) is 3.45. The van der Waals surface area contributed by atoms with Gasteiger partial charge in [-0.25, -0.2) is 0 Å². The summed E-state index contributed by atoms with van der Waals surface area (Å²) < 4.78 is 0. The maximum Gasteiger partial charge on any atom is 2.00 e. The van der Waals surface area contributed by atoms with Crippen molar-refractivity contribution in [1.29, 1.82) is 0 Å². The monoisotopic (exact) mass is 403 g/mol. The molecule has 0 aromatic heterocycles. The Morgan fingerprint density at radius 1 is 0.560 bits per heavy atom. The van der Waals surface area contributed by atoms with Crippen LogP contribution in [0.4, 0.5) is 22.7 Å². The molecule has 0 bridgehead atoms. The van der Waals surface area contributed by atoms with Gasteiger partial charge >= 0.3 is 39.5 Å². The van der Waals surface area contributed by atoms with Crippen LogP contribution >= 0.6 is 0 Å². The van der Waals surface area contributed by atoms with E-state index in [4.69, 9.17) is 0 Å². The van der Waals surface area contributed by atoms with E-state index < -0.39 is 65.5 Å². The second-order valence-electron chi connectivity index (χ2n) is 3.75. The number of carbonyl (C=O) groups excluding carboxylic acids is 2. The van der Waals surface area contributed by atoms with Crippen LogP contribution < -0.4 is 10.2 Å². The first-order chi connectivity index (χ1) is 10.9. The average Bonchev–Trinajstić information content (AvgIpc) is 2.42. The molecule has 0 atom stereocenters. The molecule has 0 unspecified atom stereocenters. The standard InChI is InChI=1S/C8H2N4O12.Co/c13-7(14)1-2(8(15)16)4(10(19)20)6(12(23)24)5(11(21)22)3(1)9(17)18;/h(H,13,14)(H,15,16);/q;+2/p-2. The minimum atomic E-state index is -2.72. The summed E-state index contributed by atoms with van der Waals surface area (Å²) in [6, 6.07) is 0. The maximum atomic E-state index is 11.0. The van der Waals surface area contributed by atoms with Gasteiger partial charge in [0.05, 0.1) is 42.8 Å². The summed E-state index contributed by atoms with van der Waals surface area (Å²) in [5.41, 5.74) is -12.9. The van der Waals surface area contributed by atoms with Gasteiger partial charge in [0.25, 0.3) is 0 Å². The number of nitrogens with zero attached hydrogens (tertiary/aromatic N) is 4. The quantitative estimate of drug-likeness (QED) is 0.371. The molecule has 0 aliphatic heterocycles. The number of carbonyl (C=O) groups is 2. The van der Waals surface area contributed by atoms with E-state index in [0.29, 0.717) is 0 Å². The zero-order valence-corrected chi connectivity index (χ0v) is 12.1. The van der Waals surface area contributed by atoms with Crippen LogP contribution in [0, 0.1) is 40.5 Å². The summed E-state index contributed by atoms with van der Waals surface area (Å²) in [7, 11) is 0. The number of nitro groups is 4. The van der Waals surface area contributed by atoms with Crippen LogP contribution in [0.3, 0.4) is 0 Å². The van der Waals surface area contributed by atoms with Crippen molar-refractivity contribution < 1.29 is 56.3 Å². The van der Waals surface area contributed by atoms with Gasteiger partial charge < -0.3 is 19.8 Å². The van der Waals surface area contributed by atoms with E-state index >= 15 is 0 Å². The zero-order valence-electron chi connectivity index (χ0n) is 11.0. The molecule has 16 nitrogen and oxygen atoms in total. The molecule has 0 heterocycles. The number of hydrogen-bond acceptors (Lipinski definition) is 12. The van der Waals surface area contributed by atoms with E-state index in [1.807, 2.05) is 0 Å². The van der Waals surface area contributed by atoms with E-state index in [1.54, 1.807) is 0 Å². The maximum absolute atomic E-state index is 11.0. The molecule has 0 saturated carbocycles. The predicted octanol–water partition coefficient (Wildman–Crippen LogP) is -1.96. The van der Waals surface area contributed by atoms with Crippen molar-refractivity contribution >= 4 is 34.7 Å². The van der Waals surface area contributed by atoms with Gasteiger partial charge in [0, 0.05) is 0 Å². The first kappa shape index (κ1) is 21.3. The topological polar surface area (TPSA) is 253 Å². The van der Waals surface area contributed by atoms with Crippen LogP contribution in [0.5, 0.6) is 0 Å². The zero-order chi connectivity index (χ0) is 18.9. The molecular formula is C8CoN4O12. The molecule has 1 aromatic rings. The Balaban J connectivity index is 0.00000576. The van der Waals surface area contributed by atoms with Crippen molar-refractivity contribution in [3.63, 3.8) is 0 Å². The summed E-state index contributed by atoms with van der Waals surface area (Å²) in [5.74, 6) is -5.44. The Morgan fingerprint density at radius 2 is 0.760 bits per heavy atom. The van der Waals surface area contributed by atoms with E-state index in [1.165, 1.54) is 0 Å². The first-order valence-electron chi connectivity index (χ1n) is 5.17. The molecular weight excluding hydrogens is 403 g/mol. The van der Waals surface area contributed by atoms with Crippen molar-refractivity contribution in [2.24, 2.45) is 0 Å². The molecule has 0 aliphatic carbocycles. The number of carboxylic acids is 2. The summed E-state index contributed by atoms with van der Waals surface area (Å²) >= 11 is 0. The van der Waals surface area contributed by atoms with Gasteiger partial charge in [0.2, 0.25) is 0 Å². The van der Waals surface area contributed by atoms with Crippen LogP contribution in [0.15, 0.2) is 0 Å². The predicted molar refractivity (Wildman–Crippen MR) is 61.7 cm³/mol. The SMILES string of the molecule is O=C([O-])c1c(C(=O)[O-])c([N+](=O)[O-])c([N+](=O)[O-])c([N+](=O)[O-])c1[N+](=O)[O-].[Co+2]. The van der Waals surface area contributed by atoms with Gasteiger partial charge in [-0.05, 0) is 0 Å². The Labute approximate surface area is 143 Å². The third-order valence-corrected chi connectivity index (χ3v) is 2.54. The van der Waals surface area contributed by atoms with E-state index in [0.717, 1.165) is 0 Å². The van der Waals surface area contributed by atoms with Gasteiger partial charge in [0.15, 0.2) is 0 Å². The molecule has 1 rings (SSSR count). The minimum Gasteiger partial charge on any atom is -0.545 e. The van der Waals surface area contributed by atoms with Crippen molar-refractivity contribution in [1.82, 2.24) is 0 Å². The van der Waals surface area contributed by atoms with Gasteiger partial charge in [0.1, 0.15) is 0 Å². The Hall–Kier alpha value is -3.73. The smallest absolute Gasteiger partial charge is 0.545 e. The number of rotatable bonds is 6. The van der Waals surface area contributed by atoms with Crippen molar-refractivity contribution in [2.45, 2.75) is 0 Å². The molecule has 0 saturated heterocycles. The second kappa shape index (κ2) is 7.23. The Morgan fingerprint density at radius 3 is 0.880 bits per heavy atom. The number of nitro benzene ring substituents is 4. The molecule has 0 N–H and O–H groups in total. The molecule has 17 heteroatoms. The normalized spacial score (nSPS) is 9.60. The summed E-state index contributed by atoms with van der Waals surface area (Å²) in [4.78, 5) is 58.2. The fourth-order valence-corrected chi connectivity index (χ4v) is 1.80. The van der Waals surface area contributed by atoms with Gasteiger partial charge in [-0.2, -0.15) is 0 Å². The molecule has 0 aliphatic rings. The first-order valence-corrected chi connectivity index (χ1v) is 5.17. The summed E-state index contributed by atoms with van der Waals surface area (Å²) in [6.45, 7) is 0. The van der Waals surface area contributed by atoms with Crippen LogP contribution in [0.2, 0.25) is 0 Å². The molecule has 0 fully saturated rings. The Kier molecular flexibility index (Phi) is 6.15. The largest absolute Gasteiger partial charge is 2.00 e. The molecule has 133 valence electrons. The van der Waals surface area contributed by atoms with E-state index in [9.17, 15) is 60.3 Å². The van der Waals surface area contributed by atoms with Crippen molar-refractivity contribution in [3.05, 3.63) is 51.6 Å². The number of benzene rings is 1. The van der Waals surface area contributed by atoms with Gasteiger partial charge in [-0.3, -0.25) is 40.5 Å². The number of hydrogen-bond donors (Lipinski definition) is 0. The second-order valence-corrected chi connectivity index (χ2v) is 3.75. The van der Waals surface area contributed by atoms with Gasteiger partial charge in [-0.15, -0.1) is 0 Å². The van der Waals surface area contributed by atoms with Crippen molar-refractivity contribution in [3.8, 4) is 0 Å². The number of carboxylic acid groups (broad SMARTS) is 2. The fraction of sp³-hybridized carbons (Fsp3) is 0. The van der Waals surface area contributed by atoms with E-state index in [2.05, 4.69) is 0 Å². The van der Waals surface area contributed by atoms with Crippen LogP contribution in [-0.2, 0) is 16.8 Å². The average molecular weight is 403 g/mol. The minimum absolute atomic E-state index is 0. The summed E-state index contributed by atoms with van der Waals surface area (Å²) in [5, 5.41) is 65.5. The molecule has 1 aromatic carbocycles.